The number of rotatable bonds is 3. The highest BCUT2D eigenvalue weighted by atomic mass is 16.7. The quantitative estimate of drug-likeness (QED) is 0.766. The van der Waals surface area contributed by atoms with Gasteiger partial charge in [0.15, 0.2) is 0 Å². The molecule has 1 aliphatic rings. The van der Waals surface area contributed by atoms with Crippen LogP contribution >= 0.6 is 0 Å². The summed E-state index contributed by atoms with van der Waals surface area (Å²) in [5.41, 5.74) is 2.34. The SMILES string of the molecule is CC(C)B1OC(c2ccccc2)C(c2ccccc2)O1. The van der Waals surface area contributed by atoms with E-state index in [2.05, 4.69) is 38.1 Å². The Kier molecular flexibility index (Phi) is 3.90. The van der Waals surface area contributed by atoms with Crippen molar-refractivity contribution in [3.63, 3.8) is 0 Å². The minimum absolute atomic E-state index is 0.0361. The lowest BCUT2D eigenvalue weighted by Gasteiger charge is -2.19. The maximum Gasteiger partial charge on any atom is 0.460 e. The van der Waals surface area contributed by atoms with Gasteiger partial charge in [0.25, 0.3) is 0 Å². The standard InChI is InChI=1S/C17H19BO2/c1-13(2)18-19-16(14-9-5-3-6-10-14)17(20-18)15-11-7-4-8-12-15/h3-13,16-17H,1-2H3. The van der Waals surface area contributed by atoms with Gasteiger partial charge in [-0.15, -0.1) is 0 Å². The summed E-state index contributed by atoms with van der Waals surface area (Å²) in [4.78, 5) is 0. The van der Waals surface area contributed by atoms with Crippen molar-refractivity contribution in [1.29, 1.82) is 0 Å². The van der Waals surface area contributed by atoms with Crippen LogP contribution in [0.2, 0.25) is 5.82 Å². The van der Waals surface area contributed by atoms with E-state index in [4.69, 9.17) is 9.31 Å². The van der Waals surface area contributed by atoms with Gasteiger partial charge in [-0.05, 0) is 16.9 Å². The summed E-state index contributed by atoms with van der Waals surface area (Å²) in [5, 5.41) is 0. The second-order valence-corrected chi connectivity index (χ2v) is 5.55. The van der Waals surface area contributed by atoms with Gasteiger partial charge >= 0.3 is 7.12 Å². The zero-order valence-electron chi connectivity index (χ0n) is 11.9. The van der Waals surface area contributed by atoms with E-state index in [-0.39, 0.29) is 19.3 Å². The number of hydrogen-bond acceptors (Lipinski definition) is 2. The van der Waals surface area contributed by atoms with E-state index in [1.807, 2.05) is 36.4 Å². The molecule has 2 atom stereocenters. The second kappa shape index (κ2) is 5.82. The molecular weight excluding hydrogens is 247 g/mol. The first-order valence-corrected chi connectivity index (χ1v) is 7.16. The van der Waals surface area contributed by atoms with Gasteiger partial charge < -0.3 is 9.31 Å². The van der Waals surface area contributed by atoms with Crippen molar-refractivity contribution < 1.29 is 9.31 Å². The van der Waals surface area contributed by atoms with Crippen molar-refractivity contribution in [1.82, 2.24) is 0 Å². The predicted octanol–water partition coefficient (Wildman–Crippen LogP) is 4.41. The molecule has 2 aromatic carbocycles. The topological polar surface area (TPSA) is 18.5 Å². The molecule has 1 saturated heterocycles. The Morgan fingerprint density at radius 3 is 1.50 bits per heavy atom. The Labute approximate surface area is 120 Å². The Morgan fingerprint density at radius 1 is 0.750 bits per heavy atom. The van der Waals surface area contributed by atoms with Crippen LogP contribution in [0.1, 0.15) is 37.2 Å². The van der Waals surface area contributed by atoms with Crippen LogP contribution in [0.5, 0.6) is 0 Å². The van der Waals surface area contributed by atoms with Crippen molar-refractivity contribution in [2.75, 3.05) is 0 Å². The van der Waals surface area contributed by atoms with Crippen LogP contribution in [0.3, 0.4) is 0 Å². The molecule has 0 N–H and O–H groups in total. The van der Waals surface area contributed by atoms with Gasteiger partial charge in [0.1, 0.15) is 0 Å². The molecule has 3 heteroatoms. The molecular formula is C17H19BO2. The molecule has 2 aromatic rings. The highest BCUT2D eigenvalue weighted by Crippen LogP contribution is 2.43. The fourth-order valence-corrected chi connectivity index (χ4v) is 2.57. The van der Waals surface area contributed by atoms with Gasteiger partial charge in [-0.2, -0.15) is 0 Å². The molecule has 0 spiro atoms. The number of benzene rings is 2. The lowest BCUT2D eigenvalue weighted by Crippen LogP contribution is -2.18. The Morgan fingerprint density at radius 2 is 1.15 bits per heavy atom. The van der Waals surface area contributed by atoms with E-state index in [0.717, 1.165) is 0 Å². The van der Waals surface area contributed by atoms with E-state index in [1.165, 1.54) is 11.1 Å². The fraction of sp³-hybridized carbons (Fsp3) is 0.294. The summed E-state index contributed by atoms with van der Waals surface area (Å²) in [7, 11) is -0.148. The molecule has 1 heterocycles. The molecule has 102 valence electrons. The highest BCUT2D eigenvalue weighted by molar-refractivity contribution is 6.46. The fourth-order valence-electron chi connectivity index (χ4n) is 2.57. The van der Waals surface area contributed by atoms with Gasteiger partial charge in [-0.3, -0.25) is 0 Å². The average Bonchev–Trinajstić information content (AvgIpc) is 2.94. The van der Waals surface area contributed by atoms with Crippen molar-refractivity contribution in [2.45, 2.75) is 31.9 Å². The summed E-state index contributed by atoms with van der Waals surface area (Å²) >= 11 is 0. The first-order valence-electron chi connectivity index (χ1n) is 7.16. The molecule has 0 aromatic heterocycles. The third kappa shape index (κ3) is 2.65. The minimum Gasteiger partial charge on any atom is -0.401 e. The van der Waals surface area contributed by atoms with Gasteiger partial charge in [0.05, 0.1) is 12.2 Å². The zero-order valence-corrected chi connectivity index (χ0v) is 11.9. The van der Waals surface area contributed by atoms with Crippen molar-refractivity contribution in [3.8, 4) is 0 Å². The molecule has 0 amide bonds. The molecule has 2 unspecified atom stereocenters. The maximum atomic E-state index is 6.15. The smallest absolute Gasteiger partial charge is 0.401 e. The van der Waals surface area contributed by atoms with Crippen LogP contribution in [0, 0.1) is 0 Å². The first-order chi connectivity index (χ1) is 9.75. The molecule has 0 aliphatic carbocycles. The Bertz CT molecular complexity index is 494. The molecule has 2 nitrogen and oxygen atoms in total. The highest BCUT2D eigenvalue weighted by Gasteiger charge is 2.42. The van der Waals surface area contributed by atoms with E-state index < -0.39 is 0 Å². The average molecular weight is 266 g/mol. The third-order valence-electron chi connectivity index (χ3n) is 3.64. The predicted molar refractivity (Wildman–Crippen MR) is 81.4 cm³/mol. The Hall–Kier alpha value is -1.58. The summed E-state index contributed by atoms with van der Waals surface area (Å²) in [5.74, 6) is 0.343. The zero-order chi connectivity index (χ0) is 13.9. The second-order valence-electron chi connectivity index (χ2n) is 5.55. The van der Waals surface area contributed by atoms with Gasteiger partial charge in [0.2, 0.25) is 0 Å². The largest absolute Gasteiger partial charge is 0.460 e. The number of hydrogen-bond donors (Lipinski definition) is 0. The monoisotopic (exact) mass is 266 g/mol. The molecule has 0 radical (unpaired) electrons. The molecule has 0 bridgehead atoms. The molecule has 3 rings (SSSR count). The Balaban J connectivity index is 1.93. The van der Waals surface area contributed by atoms with E-state index in [0.29, 0.717) is 5.82 Å². The maximum absolute atomic E-state index is 6.15. The molecule has 20 heavy (non-hydrogen) atoms. The normalized spacial score (nSPS) is 22.4. The van der Waals surface area contributed by atoms with Crippen LogP contribution in [0.4, 0.5) is 0 Å². The van der Waals surface area contributed by atoms with Gasteiger partial charge in [-0.25, -0.2) is 0 Å². The van der Waals surface area contributed by atoms with Crippen molar-refractivity contribution >= 4 is 7.12 Å². The lowest BCUT2D eigenvalue weighted by molar-refractivity contribution is 0.159. The van der Waals surface area contributed by atoms with Gasteiger partial charge in [0, 0.05) is 0 Å². The van der Waals surface area contributed by atoms with Crippen LogP contribution in [0.25, 0.3) is 0 Å². The van der Waals surface area contributed by atoms with Crippen LogP contribution < -0.4 is 0 Å². The lowest BCUT2D eigenvalue weighted by atomic mass is 9.75. The summed E-state index contributed by atoms with van der Waals surface area (Å²) in [6.07, 6.45) is -0.0722. The van der Waals surface area contributed by atoms with Crippen LogP contribution in [-0.2, 0) is 9.31 Å². The van der Waals surface area contributed by atoms with Crippen molar-refractivity contribution in [2.24, 2.45) is 0 Å². The van der Waals surface area contributed by atoms with E-state index >= 15 is 0 Å². The molecule has 1 aliphatic heterocycles. The van der Waals surface area contributed by atoms with Crippen LogP contribution in [-0.4, -0.2) is 7.12 Å². The van der Waals surface area contributed by atoms with Crippen molar-refractivity contribution in [3.05, 3.63) is 71.8 Å². The minimum atomic E-state index is -0.148. The molecule has 1 fully saturated rings. The molecule has 0 saturated carbocycles. The summed E-state index contributed by atoms with van der Waals surface area (Å²) < 4.78 is 12.3. The van der Waals surface area contributed by atoms with Crippen LogP contribution in [0.15, 0.2) is 60.7 Å². The summed E-state index contributed by atoms with van der Waals surface area (Å²) in [6.45, 7) is 4.25. The third-order valence-corrected chi connectivity index (χ3v) is 3.64. The van der Waals surface area contributed by atoms with E-state index in [1.54, 1.807) is 0 Å². The first kappa shape index (κ1) is 13.4. The van der Waals surface area contributed by atoms with Gasteiger partial charge in [-0.1, -0.05) is 74.5 Å². The van der Waals surface area contributed by atoms with E-state index in [9.17, 15) is 0 Å². The summed E-state index contributed by atoms with van der Waals surface area (Å²) in [6, 6.07) is 20.6.